The van der Waals surface area contributed by atoms with Gasteiger partial charge < -0.3 is 4.74 Å². The second-order valence-corrected chi connectivity index (χ2v) is 4.06. The van der Waals surface area contributed by atoms with E-state index in [9.17, 15) is 9.59 Å². The minimum atomic E-state index is -0.219. The van der Waals surface area contributed by atoms with E-state index in [1.165, 1.54) is 6.92 Å². The van der Waals surface area contributed by atoms with Crippen molar-refractivity contribution in [3.05, 3.63) is 36.7 Å². The van der Waals surface area contributed by atoms with Crippen molar-refractivity contribution in [1.82, 2.24) is 4.98 Å². The zero-order valence-electron chi connectivity index (χ0n) is 10.1. The number of nitrogens with zero attached hydrogens (tertiary/aromatic N) is 1. The Balaban J connectivity index is 2.12. The predicted molar refractivity (Wildman–Crippen MR) is 67.5 cm³/mol. The number of carbonyl (C=O) groups is 2. The molecule has 0 N–H and O–H groups in total. The first kappa shape index (κ1) is 12.2. The number of carbonyl (C=O) groups excluding carboxylic acids is 2. The fourth-order valence-corrected chi connectivity index (χ4v) is 1.70. The molecule has 1 aromatic heterocycles. The summed E-state index contributed by atoms with van der Waals surface area (Å²) in [6.45, 7) is 1.30. The van der Waals surface area contributed by atoms with Gasteiger partial charge in [-0.05, 0) is 24.4 Å². The number of rotatable bonds is 5. The summed E-state index contributed by atoms with van der Waals surface area (Å²) in [6.07, 6.45) is 3.32. The molecule has 0 amide bonds. The van der Waals surface area contributed by atoms with Gasteiger partial charge in [-0.25, -0.2) is 0 Å². The number of benzene rings is 1. The number of Topliss-reactive ketones (excluding diaryl/α,β-unsaturated/α-hetero) is 2. The Labute approximate surface area is 105 Å². The van der Waals surface area contributed by atoms with E-state index < -0.39 is 0 Å². The van der Waals surface area contributed by atoms with Crippen LogP contribution in [0.1, 0.15) is 13.3 Å². The first-order chi connectivity index (χ1) is 8.66. The van der Waals surface area contributed by atoms with Crippen molar-refractivity contribution in [2.45, 2.75) is 13.3 Å². The second kappa shape index (κ2) is 5.40. The summed E-state index contributed by atoms with van der Waals surface area (Å²) < 4.78 is 5.44. The number of ketones is 2. The van der Waals surface area contributed by atoms with E-state index in [1.54, 1.807) is 18.5 Å². The molecule has 0 radical (unpaired) electrons. The van der Waals surface area contributed by atoms with Gasteiger partial charge in [0.2, 0.25) is 0 Å². The fourth-order valence-electron chi connectivity index (χ4n) is 1.70. The van der Waals surface area contributed by atoms with Crippen LogP contribution in [0.5, 0.6) is 5.75 Å². The summed E-state index contributed by atoms with van der Waals surface area (Å²) in [5.41, 5.74) is 0. The van der Waals surface area contributed by atoms with Crippen LogP contribution in [0.3, 0.4) is 0 Å². The topological polar surface area (TPSA) is 56.3 Å². The van der Waals surface area contributed by atoms with E-state index in [2.05, 4.69) is 4.98 Å². The smallest absolute Gasteiger partial charge is 0.177 e. The van der Waals surface area contributed by atoms with E-state index >= 15 is 0 Å². The Morgan fingerprint density at radius 3 is 2.89 bits per heavy atom. The molecule has 0 aliphatic carbocycles. The molecule has 18 heavy (non-hydrogen) atoms. The quantitative estimate of drug-likeness (QED) is 0.755. The highest BCUT2D eigenvalue weighted by Gasteiger charge is 2.08. The van der Waals surface area contributed by atoms with Crippen molar-refractivity contribution >= 4 is 22.3 Å². The van der Waals surface area contributed by atoms with Gasteiger partial charge in [-0.1, -0.05) is 12.1 Å². The lowest BCUT2D eigenvalue weighted by Crippen LogP contribution is -2.14. The van der Waals surface area contributed by atoms with E-state index in [4.69, 9.17) is 4.74 Å². The van der Waals surface area contributed by atoms with Crippen molar-refractivity contribution in [3.63, 3.8) is 0 Å². The highest BCUT2D eigenvalue weighted by atomic mass is 16.5. The van der Waals surface area contributed by atoms with Gasteiger partial charge in [0.25, 0.3) is 0 Å². The lowest BCUT2D eigenvalue weighted by molar-refractivity contribution is -0.127. The summed E-state index contributed by atoms with van der Waals surface area (Å²) in [5.74, 6) is 0.240. The summed E-state index contributed by atoms with van der Waals surface area (Å²) in [7, 11) is 0. The van der Waals surface area contributed by atoms with E-state index in [0.29, 0.717) is 5.75 Å². The number of aromatic nitrogens is 1. The molecule has 0 atom stereocenters. The molecule has 1 heterocycles. The van der Waals surface area contributed by atoms with Crippen LogP contribution in [0.2, 0.25) is 0 Å². The number of hydrogen-bond donors (Lipinski definition) is 0. The Kier molecular flexibility index (Phi) is 3.67. The van der Waals surface area contributed by atoms with Gasteiger partial charge >= 0.3 is 0 Å². The van der Waals surface area contributed by atoms with Gasteiger partial charge in [0.15, 0.2) is 5.78 Å². The van der Waals surface area contributed by atoms with Crippen molar-refractivity contribution < 1.29 is 14.3 Å². The van der Waals surface area contributed by atoms with Crippen LogP contribution in [-0.4, -0.2) is 23.2 Å². The van der Waals surface area contributed by atoms with Crippen LogP contribution in [0.15, 0.2) is 36.7 Å². The third-order valence-electron chi connectivity index (χ3n) is 2.48. The molecular formula is C14H13NO3. The maximum absolute atomic E-state index is 11.4. The predicted octanol–water partition coefficient (Wildman–Crippen LogP) is 2.16. The number of pyridine rings is 1. The molecule has 1 aromatic carbocycles. The summed E-state index contributed by atoms with van der Waals surface area (Å²) in [6, 6.07) is 7.46. The molecule has 4 nitrogen and oxygen atoms in total. The van der Waals surface area contributed by atoms with Crippen LogP contribution in [0.25, 0.3) is 10.8 Å². The van der Waals surface area contributed by atoms with E-state index in [1.807, 2.05) is 18.2 Å². The number of fused-ring (bicyclic) bond motifs is 1. The lowest BCUT2D eigenvalue weighted by atomic mass is 10.1. The van der Waals surface area contributed by atoms with Crippen molar-refractivity contribution in [2.24, 2.45) is 0 Å². The van der Waals surface area contributed by atoms with Crippen LogP contribution in [0, 0.1) is 0 Å². The zero-order chi connectivity index (χ0) is 13.0. The van der Waals surface area contributed by atoms with Gasteiger partial charge in [0, 0.05) is 17.8 Å². The fraction of sp³-hybridized carbons (Fsp3) is 0.214. The van der Waals surface area contributed by atoms with Crippen molar-refractivity contribution in [2.75, 3.05) is 6.61 Å². The molecule has 0 aliphatic rings. The van der Waals surface area contributed by atoms with Gasteiger partial charge in [0.05, 0.1) is 6.42 Å². The standard InChI is InChI=1S/C14H13NO3/c1-10(16)7-12(17)9-18-14-4-2-3-11-5-6-15-8-13(11)14/h2-6,8H,7,9H2,1H3. The molecule has 0 saturated heterocycles. The normalized spacial score (nSPS) is 10.3. The Bertz CT molecular complexity index is 587. The van der Waals surface area contributed by atoms with Crippen LogP contribution >= 0.6 is 0 Å². The minimum absolute atomic E-state index is 0.0803. The summed E-state index contributed by atoms with van der Waals surface area (Å²) in [4.78, 5) is 26.2. The van der Waals surface area contributed by atoms with Gasteiger partial charge in [-0.15, -0.1) is 0 Å². The van der Waals surface area contributed by atoms with Gasteiger partial charge in [-0.2, -0.15) is 0 Å². The zero-order valence-corrected chi connectivity index (χ0v) is 10.1. The molecule has 0 aliphatic heterocycles. The molecule has 4 heteroatoms. The van der Waals surface area contributed by atoms with Crippen LogP contribution in [0.4, 0.5) is 0 Å². The third kappa shape index (κ3) is 2.91. The largest absolute Gasteiger partial charge is 0.485 e. The van der Waals surface area contributed by atoms with E-state index in [-0.39, 0.29) is 24.6 Å². The molecule has 2 aromatic rings. The average Bonchev–Trinajstić information content (AvgIpc) is 2.35. The summed E-state index contributed by atoms with van der Waals surface area (Å²) >= 11 is 0. The minimum Gasteiger partial charge on any atom is -0.485 e. The van der Waals surface area contributed by atoms with Crippen molar-refractivity contribution in [1.29, 1.82) is 0 Å². The molecule has 0 unspecified atom stereocenters. The van der Waals surface area contributed by atoms with E-state index in [0.717, 1.165) is 10.8 Å². The molecule has 2 rings (SSSR count). The Hall–Kier alpha value is -2.23. The highest BCUT2D eigenvalue weighted by molar-refractivity contribution is 5.98. The molecular weight excluding hydrogens is 230 g/mol. The highest BCUT2D eigenvalue weighted by Crippen LogP contribution is 2.24. The molecule has 0 fully saturated rings. The lowest BCUT2D eigenvalue weighted by Gasteiger charge is -2.07. The molecule has 92 valence electrons. The molecule has 0 spiro atoms. The number of hydrogen-bond acceptors (Lipinski definition) is 4. The van der Waals surface area contributed by atoms with Crippen molar-refractivity contribution in [3.8, 4) is 5.75 Å². The second-order valence-electron chi connectivity index (χ2n) is 4.06. The Morgan fingerprint density at radius 2 is 2.11 bits per heavy atom. The average molecular weight is 243 g/mol. The van der Waals surface area contributed by atoms with Crippen LogP contribution < -0.4 is 4.74 Å². The first-order valence-electron chi connectivity index (χ1n) is 5.63. The SMILES string of the molecule is CC(=O)CC(=O)COc1cccc2ccncc12. The monoisotopic (exact) mass is 243 g/mol. The molecule has 0 bridgehead atoms. The molecule has 0 saturated carbocycles. The maximum atomic E-state index is 11.4. The van der Waals surface area contributed by atoms with Gasteiger partial charge in [-0.3, -0.25) is 14.6 Å². The van der Waals surface area contributed by atoms with Gasteiger partial charge in [0.1, 0.15) is 18.1 Å². The third-order valence-corrected chi connectivity index (χ3v) is 2.48. The van der Waals surface area contributed by atoms with Crippen LogP contribution in [-0.2, 0) is 9.59 Å². The Morgan fingerprint density at radius 1 is 1.28 bits per heavy atom. The first-order valence-corrected chi connectivity index (χ1v) is 5.63. The maximum Gasteiger partial charge on any atom is 0.177 e. The summed E-state index contributed by atoms with van der Waals surface area (Å²) in [5, 5.41) is 1.86. The number of ether oxygens (including phenoxy) is 1.